The highest BCUT2D eigenvalue weighted by Gasteiger charge is 2.33. The number of halogens is 4. The summed E-state index contributed by atoms with van der Waals surface area (Å²) in [5.41, 5.74) is -3.27. The summed E-state index contributed by atoms with van der Waals surface area (Å²) >= 11 is 1.12. The molecular weight excluding hydrogens is 490 g/mol. The highest BCUT2D eigenvalue weighted by Crippen LogP contribution is 2.36. The predicted molar refractivity (Wildman–Crippen MR) is 121 cm³/mol. The molecule has 0 atom stereocenters. The average molecular weight is 503 g/mol. The Kier molecular flexibility index (Phi) is 5.13. The Bertz CT molecular complexity index is 1740. The molecule has 12 heteroatoms. The molecule has 2 N–H and O–H groups in total. The molecular formula is C23H13F4N3O4S. The number of nitrogens with zero attached hydrogens (tertiary/aromatic N) is 2. The van der Waals surface area contributed by atoms with Crippen LogP contribution in [0.25, 0.3) is 27.5 Å². The Labute approximate surface area is 196 Å². The van der Waals surface area contributed by atoms with Crippen LogP contribution in [-0.4, -0.2) is 25.2 Å². The third-order valence-corrected chi connectivity index (χ3v) is 6.33. The van der Waals surface area contributed by atoms with Gasteiger partial charge in [0.2, 0.25) is 0 Å². The maximum atomic E-state index is 13.5. The van der Waals surface area contributed by atoms with E-state index in [4.69, 9.17) is 0 Å². The highest BCUT2D eigenvalue weighted by atomic mass is 32.1. The lowest BCUT2D eigenvalue weighted by molar-refractivity contribution is -0.137. The van der Waals surface area contributed by atoms with Crippen molar-refractivity contribution in [1.29, 1.82) is 0 Å². The third kappa shape index (κ3) is 3.71. The lowest BCUT2D eigenvalue weighted by Crippen LogP contribution is -2.34. The van der Waals surface area contributed by atoms with Crippen molar-refractivity contribution in [1.82, 2.24) is 14.1 Å². The lowest BCUT2D eigenvalue weighted by Gasteiger charge is -2.10. The molecule has 0 amide bonds. The first-order chi connectivity index (χ1) is 16.6. The summed E-state index contributed by atoms with van der Waals surface area (Å²) in [5, 5.41) is 12.9. The number of thiophene rings is 1. The minimum absolute atomic E-state index is 0.0476. The molecule has 0 fully saturated rings. The summed E-state index contributed by atoms with van der Waals surface area (Å²) < 4.78 is 55.7. The summed E-state index contributed by atoms with van der Waals surface area (Å²) in [7, 11) is 0. The Hall–Kier alpha value is -4.19. The van der Waals surface area contributed by atoms with Crippen LogP contribution >= 0.6 is 11.3 Å². The van der Waals surface area contributed by atoms with Crippen LogP contribution in [0.5, 0.6) is 0 Å². The van der Waals surface area contributed by atoms with Crippen molar-refractivity contribution < 1.29 is 27.5 Å². The van der Waals surface area contributed by atoms with Crippen LogP contribution in [0.4, 0.5) is 17.6 Å². The number of aromatic carboxylic acids is 1. The topological polar surface area (TPSA) is 97.1 Å². The summed E-state index contributed by atoms with van der Waals surface area (Å²) in [6, 6.07) is 7.68. The molecule has 0 saturated heterocycles. The van der Waals surface area contributed by atoms with Gasteiger partial charge >= 0.3 is 17.8 Å². The number of rotatable bonds is 4. The number of carbonyl (C=O) groups is 1. The van der Waals surface area contributed by atoms with Gasteiger partial charge in [0.25, 0.3) is 5.56 Å². The minimum Gasteiger partial charge on any atom is -0.477 e. The zero-order valence-electron chi connectivity index (χ0n) is 17.4. The van der Waals surface area contributed by atoms with Crippen molar-refractivity contribution in [3.05, 3.63) is 96.7 Å². The van der Waals surface area contributed by atoms with Crippen molar-refractivity contribution in [2.75, 3.05) is 0 Å². The number of benzene rings is 2. The van der Waals surface area contributed by atoms with Crippen molar-refractivity contribution in [2.45, 2.75) is 12.7 Å². The summed E-state index contributed by atoms with van der Waals surface area (Å²) in [6.07, 6.45) is -4.76. The van der Waals surface area contributed by atoms with Gasteiger partial charge in [-0.2, -0.15) is 13.2 Å². The van der Waals surface area contributed by atoms with E-state index >= 15 is 0 Å². The number of nitrogens with one attached hydrogen (secondary N) is 1. The Morgan fingerprint density at radius 2 is 1.74 bits per heavy atom. The summed E-state index contributed by atoms with van der Waals surface area (Å²) in [6.45, 7) is -0.170. The van der Waals surface area contributed by atoms with E-state index in [0.717, 1.165) is 35.6 Å². The van der Waals surface area contributed by atoms with E-state index in [9.17, 15) is 37.1 Å². The molecule has 2 aromatic carbocycles. The Morgan fingerprint density at radius 3 is 2.40 bits per heavy atom. The maximum Gasteiger partial charge on any atom is 0.416 e. The van der Waals surface area contributed by atoms with E-state index in [1.54, 1.807) is 0 Å². The second-order valence-corrected chi connectivity index (χ2v) is 8.46. The SMILES string of the molecule is O=C(O)c1c(-n2c(=O)[nH]c3cscc3c2=O)c2cc(C(F)(F)F)ccc2n1Cc1ccc(F)cc1. The van der Waals surface area contributed by atoms with Crippen LogP contribution < -0.4 is 11.2 Å². The van der Waals surface area contributed by atoms with E-state index < -0.39 is 46.2 Å². The van der Waals surface area contributed by atoms with Gasteiger partial charge in [0, 0.05) is 22.7 Å². The number of hydrogen-bond donors (Lipinski definition) is 2. The second-order valence-electron chi connectivity index (χ2n) is 7.71. The minimum atomic E-state index is -4.76. The third-order valence-electron chi connectivity index (χ3n) is 5.58. The Morgan fingerprint density at radius 1 is 1.03 bits per heavy atom. The fraction of sp³-hybridized carbons (Fsp3) is 0.0870. The van der Waals surface area contributed by atoms with Crippen molar-refractivity contribution >= 4 is 39.1 Å². The van der Waals surface area contributed by atoms with Gasteiger partial charge in [-0.05, 0) is 35.9 Å². The van der Waals surface area contributed by atoms with Crippen molar-refractivity contribution in [3.8, 4) is 5.69 Å². The summed E-state index contributed by atoms with van der Waals surface area (Å²) in [5.74, 6) is -2.09. The van der Waals surface area contributed by atoms with Gasteiger partial charge < -0.3 is 14.7 Å². The molecule has 35 heavy (non-hydrogen) atoms. The number of alkyl halides is 3. The molecule has 0 unspecified atom stereocenters. The molecule has 5 rings (SSSR count). The zero-order valence-corrected chi connectivity index (χ0v) is 18.2. The number of carboxylic acids is 1. The van der Waals surface area contributed by atoms with E-state index in [0.29, 0.717) is 16.2 Å². The average Bonchev–Trinajstić information content (AvgIpc) is 3.38. The van der Waals surface area contributed by atoms with Gasteiger partial charge in [-0.25, -0.2) is 18.5 Å². The quantitative estimate of drug-likeness (QED) is 0.351. The molecule has 0 bridgehead atoms. The van der Waals surface area contributed by atoms with Crippen molar-refractivity contribution in [3.63, 3.8) is 0 Å². The first kappa shape index (κ1) is 22.6. The zero-order chi connectivity index (χ0) is 25.1. The van der Waals surface area contributed by atoms with Gasteiger partial charge in [0.05, 0.1) is 27.7 Å². The van der Waals surface area contributed by atoms with Gasteiger partial charge in [0.1, 0.15) is 5.82 Å². The molecule has 0 radical (unpaired) electrons. The number of carboxylic acid groups (broad SMARTS) is 1. The number of H-pyrrole nitrogens is 1. The van der Waals surface area contributed by atoms with Crippen LogP contribution in [-0.2, 0) is 12.7 Å². The predicted octanol–water partition coefficient (Wildman–Crippen LogP) is 4.60. The van der Waals surface area contributed by atoms with E-state index in [-0.39, 0.29) is 28.4 Å². The second kappa shape index (κ2) is 7.94. The van der Waals surface area contributed by atoms with Gasteiger partial charge in [-0.15, -0.1) is 11.3 Å². The number of aromatic nitrogens is 3. The van der Waals surface area contributed by atoms with Crippen LogP contribution in [0.15, 0.2) is 62.8 Å². The number of hydrogen-bond acceptors (Lipinski definition) is 4. The maximum absolute atomic E-state index is 13.5. The van der Waals surface area contributed by atoms with Crippen molar-refractivity contribution in [2.24, 2.45) is 0 Å². The molecule has 0 aliphatic carbocycles. The fourth-order valence-electron chi connectivity index (χ4n) is 4.04. The van der Waals surface area contributed by atoms with Crippen LogP contribution in [0, 0.1) is 5.82 Å². The molecule has 3 aromatic heterocycles. The smallest absolute Gasteiger partial charge is 0.416 e. The summed E-state index contributed by atoms with van der Waals surface area (Å²) in [4.78, 5) is 41.0. The van der Waals surface area contributed by atoms with Crippen LogP contribution in [0.3, 0.4) is 0 Å². The van der Waals surface area contributed by atoms with Crippen LogP contribution in [0.2, 0.25) is 0 Å². The number of fused-ring (bicyclic) bond motifs is 2. The van der Waals surface area contributed by atoms with E-state index in [2.05, 4.69) is 4.98 Å². The standard InChI is InChI=1S/C23H13F4N3O4S/c24-13-4-1-11(2-5-13)8-29-17-6-3-12(23(25,26)27)7-14(17)18(19(29)21(32)33)30-20(31)15-9-35-10-16(15)28-22(30)34/h1-7,9-10H,8H2,(H,28,34)(H,32,33). The normalized spacial score (nSPS) is 12.0. The molecule has 7 nitrogen and oxygen atoms in total. The molecule has 0 spiro atoms. The monoisotopic (exact) mass is 503 g/mol. The van der Waals surface area contributed by atoms with E-state index in [1.165, 1.54) is 27.5 Å². The van der Waals surface area contributed by atoms with Gasteiger partial charge in [0.15, 0.2) is 5.69 Å². The van der Waals surface area contributed by atoms with Gasteiger partial charge in [-0.1, -0.05) is 12.1 Å². The first-order valence-electron chi connectivity index (χ1n) is 9.99. The van der Waals surface area contributed by atoms with E-state index in [1.807, 2.05) is 0 Å². The molecule has 3 heterocycles. The highest BCUT2D eigenvalue weighted by molar-refractivity contribution is 7.09. The van der Waals surface area contributed by atoms with Crippen LogP contribution in [0.1, 0.15) is 21.6 Å². The molecule has 0 saturated carbocycles. The molecule has 5 aromatic rings. The Balaban J connectivity index is 1.92. The lowest BCUT2D eigenvalue weighted by atomic mass is 10.1. The first-order valence-corrected chi connectivity index (χ1v) is 10.9. The number of aromatic amines is 1. The fourth-order valence-corrected chi connectivity index (χ4v) is 4.79. The largest absolute Gasteiger partial charge is 0.477 e. The van der Waals surface area contributed by atoms with Gasteiger partial charge in [-0.3, -0.25) is 4.79 Å². The molecule has 178 valence electrons. The molecule has 0 aliphatic rings. The molecule has 0 aliphatic heterocycles.